The Kier molecular flexibility index (Phi) is 6.00. The van der Waals surface area contributed by atoms with Gasteiger partial charge in [-0.15, -0.1) is 6.58 Å². The third kappa shape index (κ3) is 4.17. The number of pyridine rings is 1. The second kappa shape index (κ2) is 8.84. The molecule has 0 unspecified atom stereocenters. The molecule has 156 valence electrons. The highest BCUT2D eigenvalue weighted by molar-refractivity contribution is 5.90. The fraction of sp³-hybridized carbons (Fsp3) is 0.360. The molecule has 0 aliphatic carbocycles. The van der Waals surface area contributed by atoms with E-state index in [4.69, 9.17) is 0 Å². The van der Waals surface area contributed by atoms with Gasteiger partial charge < -0.3 is 9.88 Å². The van der Waals surface area contributed by atoms with E-state index in [-0.39, 0.29) is 18.0 Å². The van der Waals surface area contributed by atoms with E-state index in [0.717, 1.165) is 18.7 Å². The summed E-state index contributed by atoms with van der Waals surface area (Å²) >= 11 is 0. The maximum Gasteiger partial charge on any atom is 0.237 e. The normalized spacial score (nSPS) is 18.4. The summed E-state index contributed by atoms with van der Waals surface area (Å²) in [5.41, 5.74) is 4.59. The van der Waals surface area contributed by atoms with Crippen molar-refractivity contribution in [3.05, 3.63) is 78.3 Å². The van der Waals surface area contributed by atoms with E-state index >= 15 is 0 Å². The molecule has 2 N–H and O–H groups in total. The fourth-order valence-corrected chi connectivity index (χ4v) is 4.45. The van der Waals surface area contributed by atoms with Gasteiger partial charge >= 0.3 is 0 Å². The van der Waals surface area contributed by atoms with Gasteiger partial charge in [-0.1, -0.05) is 38.1 Å². The zero-order chi connectivity index (χ0) is 21.1. The highest BCUT2D eigenvalue weighted by Gasteiger charge is 2.30. The van der Waals surface area contributed by atoms with E-state index in [2.05, 4.69) is 65.0 Å². The van der Waals surface area contributed by atoms with Crippen LogP contribution in [0.15, 0.2) is 61.4 Å². The molecule has 1 aliphatic heterocycles. The topological polar surface area (TPSA) is 59.0 Å². The van der Waals surface area contributed by atoms with Gasteiger partial charge in [-0.3, -0.25) is 15.1 Å². The Bertz CT molecular complexity index is 1040. The number of nitrogens with one attached hydrogen (secondary N) is 2. The minimum Gasteiger partial charge on any atom is -0.349 e. The average molecular weight is 403 g/mol. The van der Waals surface area contributed by atoms with Crippen LogP contribution in [0.3, 0.4) is 0 Å². The van der Waals surface area contributed by atoms with Crippen molar-refractivity contribution >= 4 is 16.8 Å². The van der Waals surface area contributed by atoms with Crippen LogP contribution in [0.2, 0.25) is 0 Å². The van der Waals surface area contributed by atoms with Gasteiger partial charge in [0.15, 0.2) is 0 Å². The van der Waals surface area contributed by atoms with Gasteiger partial charge in [-0.2, -0.15) is 0 Å². The highest BCUT2D eigenvalue weighted by atomic mass is 16.2. The zero-order valence-electron chi connectivity index (χ0n) is 17.8. The Morgan fingerprint density at radius 2 is 2.20 bits per heavy atom. The van der Waals surface area contributed by atoms with Crippen molar-refractivity contribution in [3.8, 4) is 0 Å². The van der Waals surface area contributed by atoms with Crippen LogP contribution in [0.4, 0.5) is 0 Å². The molecule has 30 heavy (non-hydrogen) atoms. The summed E-state index contributed by atoms with van der Waals surface area (Å²) in [4.78, 5) is 17.4. The lowest BCUT2D eigenvalue weighted by molar-refractivity contribution is -0.123. The highest BCUT2D eigenvalue weighted by Crippen LogP contribution is 2.35. The van der Waals surface area contributed by atoms with E-state index in [9.17, 15) is 4.79 Å². The van der Waals surface area contributed by atoms with Crippen LogP contribution in [0.25, 0.3) is 10.9 Å². The minimum absolute atomic E-state index is 0.0202. The molecule has 2 aromatic heterocycles. The number of hydrogen-bond donors (Lipinski definition) is 2. The van der Waals surface area contributed by atoms with Gasteiger partial charge in [-0.25, -0.2) is 0 Å². The predicted molar refractivity (Wildman–Crippen MR) is 121 cm³/mol. The van der Waals surface area contributed by atoms with Crippen molar-refractivity contribution in [1.82, 2.24) is 20.2 Å². The number of nitrogens with zero attached hydrogens (tertiary/aromatic N) is 2. The summed E-state index contributed by atoms with van der Waals surface area (Å²) in [5.74, 6) is 0.540. The van der Waals surface area contributed by atoms with Crippen LogP contribution in [-0.2, 0) is 24.3 Å². The van der Waals surface area contributed by atoms with E-state index in [1.807, 2.05) is 24.3 Å². The van der Waals surface area contributed by atoms with Crippen LogP contribution in [0, 0.1) is 5.92 Å². The molecule has 5 heteroatoms. The molecule has 0 bridgehead atoms. The van der Waals surface area contributed by atoms with Crippen molar-refractivity contribution in [2.75, 3.05) is 0 Å². The molecule has 0 saturated carbocycles. The Morgan fingerprint density at radius 3 is 2.93 bits per heavy atom. The lowest BCUT2D eigenvalue weighted by Gasteiger charge is -2.25. The van der Waals surface area contributed by atoms with Crippen molar-refractivity contribution in [3.63, 3.8) is 0 Å². The smallest absolute Gasteiger partial charge is 0.237 e. The molecule has 2 atom stereocenters. The van der Waals surface area contributed by atoms with Crippen LogP contribution in [0.5, 0.6) is 0 Å². The van der Waals surface area contributed by atoms with Crippen LogP contribution in [0.1, 0.15) is 43.1 Å². The minimum atomic E-state index is -0.285. The van der Waals surface area contributed by atoms with E-state index < -0.39 is 0 Å². The molecule has 1 amide bonds. The van der Waals surface area contributed by atoms with E-state index in [1.54, 1.807) is 6.20 Å². The first-order chi connectivity index (χ1) is 14.6. The number of carbonyl (C=O) groups excluding carboxylic acids is 1. The van der Waals surface area contributed by atoms with Crippen molar-refractivity contribution in [2.45, 2.75) is 51.9 Å². The summed E-state index contributed by atoms with van der Waals surface area (Å²) in [6.45, 7) is 9.56. The molecule has 3 aromatic rings. The third-order valence-electron chi connectivity index (χ3n) is 5.74. The summed E-state index contributed by atoms with van der Waals surface area (Å²) in [6.07, 6.45) is 7.51. The Labute approximate surface area is 178 Å². The standard InChI is InChI=1S/C25H30N4O/c1-4-12-29-16-18-14-22(25(30)27-15-19-8-5-6-11-26-19)28-21(13-17(2)3)20-9-7-10-23(29)24(18)20/h4-11,16-17,21-22,28H,1,12-15H2,2-3H3,(H,27,30)/t21-,22-/m0/s1. The molecular formula is C25H30N4O. The van der Waals surface area contributed by atoms with Gasteiger partial charge in [-0.05, 0) is 48.1 Å². The maximum absolute atomic E-state index is 13.1. The molecular weight excluding hydrogens is 372 g/mol. The summed E-state index contributed by atoms with van der Waals surface area (Å²) < 4.78 is 2.24. The van der Waals surface area contributed by atoms with Crippen molar-refractivity contribution in [1.29, 1.82) is 0 Å². The lowest BCUT2D eigenvalue weighted by Crippen LogP contribution is -2.46. The summed E-state index contributed by atoms with van der Waals surface area (Å²) in [7, 11) is 0. The number of hydrogen-bond acceptors (Lipinski definition) is 3. The number of benzene rings is 1. The lowest BCUT2D eigenvalue weighted by atomic mass is 9.94. The Hall–Kier alpha value is -2.92. The Morgan fingerprint density at radius 1 is 1.33 bits per heavy atom. The molecule has 0 radical (unpaired) electrons. The van der Waals surface area contributed by atoms with Crippen LogP contribution < -0.4 is 10.6 Å². The van der Waals surface area contributed by atoms with Crippen LogP contribution >= 0.6 is 0 Å². The van der Waals surface area contributed by atoms with Gasteiger partial charge in [0.1, 0.15) is 0 Å². The number of amides is 1. The second-order valence-corrected chi connectivity index (χ2v) is 8.48. The van der Waals surface area contributed by atoms with Gasteiger partial charge in [0.2, 0.25) is 5.91 Å². The first-order valence-electron chi connectivity index (χ1n) is 10.7. The van der Waals surface area contributed by atoms with Gasteiger partial charge in [0.25, 0.3) is 0 Å². The molecule has 3 heterocycles. The Balaban J connectivity index is 1.65. The number of rotatable bonds is 7. The molecule has 0 fully saturated rings. The average Bonchev–Trinajstić information content (AvgIpc) is 3.00. The first kappa shape index (κ1) is 20.4. The summed E-state index contributed by atoms with van der Waals surface area (Å²) in [6, 6.07) is 12.1. The molecule has 5 nitrogen and oxygen atoms in total. The monoisotopic (exact) mass is 402 g/mol. The molecule has 0 spiro atoms. The second-order valence-electron chi connectivity index (χ2n) is 8.48. The van der Waals surface area contributed by atoms with Crippen molar-refractivity contribution in [2.24, 2.45) is 5.92 Å². The molecule has 1 aliphatic rings. The maximum atomic E-state index is 13.1. The molecule has 0 saturated heterocycles. The fourth-order valence-electron chi connectivity index (χ4n) is 4.45. The largest absolute Gasteiger partial charge is 0.349 e. The zero-order valence-corrected chi connectivity index (χ0v) is 17.8. The SMILES string of the molecule is C=CCn1cc2c3c(cccc31)[C@H](CC(C)C)N[C@H](C(=O)NCc1ccccn1)C2. The van der Waals surface area contributed by atoms with Crippen molar-refractivity contribution < 1.29 is 4.79 Å². The van der Waals surface area contributed by atoms with Gasteiger partial charge in [0.05, 0.1) is 18.3 Å². The number of aromatic nitrogens is 2. The number of allylic oxidation sites excluding steroid dienone is 1. The quantitative estimate of drug-likeness (QED) is 0.584. The first-order valence-corrected chi connectivity index (χ1v) is 10.7. The number of carbonyl (C=O) groups is 1. The third-order valence-corrected chi connectivity index (χ3v) is 5.74. The molecule has 4 rings (SSSR count). The van der Waals surface area contributed by atoms with E-state index in [1.165, 1.54) is 22.0 Å². The van der Waals surface area contributed by atoms with Crippen LogP contribution in [-0.4, -0.2) is 21.5 Å². The summed E-state index contributed by atoms with van der Waals surface area (Å²) in [5, 5.41) is 8.03. The molecule has 1 aromatic carbocycles. The van der Waals surface area contributed by atoms with Gasteiger partial charge in [0, 0.05) is 35.9 Å². The van der Waals surface area contributed by atoms with E-state index in [0.29, 0.717) is 18.9 Å². The predicted octanol–water partition coefficient (Wildman–Crippen LogP) is 4.14.